The van der Waals surface area contributed by atoms with Crippen LogP contribution in [0.5, 0.6) is 0 Å². The number of benzene rings is 1. The minimum Gasteiger partial charge on any atom is -0.481 e. The lowest BCUT2D eigenvalue weighted by Crippen LogP contribution is -2.54. The van der Waals surface area contributed by atoms with E-state index in [2.05, 4.69) is 15.6 Å². The molecule has 2 aromatic rings. The van der Waals surface area contributed by atoms with Gasteiger partial charge in [0.25, 0.3) is 0 Å². The highest BCUT2D eigenvalue weighted by atomic mass is 16.4. The van der Waals surface area contributed by atoms with Crippen LogP contribution < -0.4 is 16.4 Å². The van der Waals surface area contributed by atoms with E-state index in [1.54, 1.807) is 6.20 Å². The Morgan fingerprint density at radius 2 is 1.79 bits per heavy atom. The van der Waals surface area contributed by atoms with Crippen LogP contribution in [0.4, 0.5) is 0 Å². The van der Waals surface area contributed by atoms with Gasteiger partial charge in [0.15, 0.2) is 0 Å². The van der Waals surface area contributed by atoms with Crippen molar-refractivity contribution in [1.82, 2.24) is 15.6 Å². The maximum absolute atomic E-state index is 12.5. The Labute approximate surface area is 166 Å². The van der Waals surface area contributed by atoms with Crippen LogP contribution in [0.3, 0.4) is 0 Å². The summed E-state index contributed by atoms with van der Waals surface area (Å²) in [6.07, 6.45) is 1.38. The van der Waals surface area contributed by atoms with E-state index < -0.39 is 41.9 Å². The number of carbonyl (C=O) groups is 4. The average molecular weight is 404 g/mol. The summed E-state index contributed by atoms with van der Waals surface area (Å²) in [7, 11) is 0. The van der Waals surface area contributed by atoms with Crippen molar-refractivity contribution in [2.24, 2.45) is 5.73 Å². The fourth-order valence-electron chi connectivity index (χ4n) is 2.82. The van der Waals surface area contributed by atoms with Gasteiger partial charge in [-0.15, -0.1) is 0 Å². The molecule has 0 bridgehead atoms. The molecule has 0 aliphatic carbocycles. The number of rotatable bonds is 10. The van der Waals surface area contributed by atoms with E-state index >= 15 is 0 Å². The van der Waals surface area contributed by atoms with Crippen LogP contribution in [0.2, 0.25) is 0 Å². The number of hydrogen-bond donors (Lipinski definition) is 6. The number of aromatic amines is 1. The van der Waals surface area contributed by atoms with Crippen LogP contribution in [0, 0.1) is 0 Å². The number of carboxylic acids is 2. The minimum absolute atomic E-state index is 0.195. The number of aromatic nitrogens is 1. The zero-order chi connectivity index (χ0) is 21.6. The first-order chi connectivity index (χ1) is 13.7. The van der Waals surface area contributed by atoms with Crippen LogP contribution in [0.15, 0.2) is 30.5 Å². The number of para-hydroxylation sites is 1. The largest absolute Gasteiger partial charge is 0.481 e. The van der Waals surface area contributed by atoms with Crippen LogP contribution >= 0.6 is 0 Å². The van der Waals surface area contributed by atoms with Gasteiger partial charge < -0.3 is 31.6 Å². The summed E-state index contributed by atoms with van der Waals surface area (Å²) in [5.74, 6) is -3.82. The van der Waals surface area contributed by atoms with Crippen molar-refractivity contribution in [2.45, 2.75) is 44.3 Å². The molecule has 1 aromatic carbocycles. The molecule has 0 aliphatic rings. The number of carbonyl (C=O) groups excluding carboxylic acids is 2. The smallest absolute Gasteiger partial charge is 0.325 e. The number of amides is 2. The fourth-order valence-corrected chi connectivity index (χ4v) is 2.82. The molecule has 0 saturated carbocycles. The van der Waals surface area contributed by atoms with E-state index in [-0.39, 0.29) is 19.3 Å². The van der Waals surface area contributed by atoms with Crippen molar-refractivity contribution in [3.63, 3.8) is 0 Å². The second-order valence-corrected chi connectivity index (χ2v) is 6.73. The molecule has 2 amide bonds. The molecule has 0 spiro atoms. The second kappa shape index (κ2) is 9.69. The van der Waals surface area contributed by atoms with Crippen molar-refractivity contribution in [1.29, 1.82) is 0 Å². The third-order valence-corrected chi connectivity index (χ3v) is 4.46. The van der Waals surface area contributed by atoms with Gasteiger partial charge in [0.05, 0.1) is 6.04 Å². The van der Waals surface area contributed by atoms with Gasteiger partial charge in [-0.05, 0) is 31.4 Å². The maximum Gasteiger partial charge on any atom is 0.325 e. The van der Waals surface area contributed by atoms with Crippen molar-refractivity contribution in [2.75, 3.05) is 0 Å². The third kappa shape index (κ3) is 6.04. The zero-order valence-electron chi connectivity index (χ0n) is 15.8. The molecular weight excluding hydrogens is 380 g/mol. The van der Waals surface area contributed by atoms with Gasteiger partial charge in [0.1, 0.15) is 12.1 Å². The predicted octanol–water partition coefficient (Wildman–Crippen LogP) is -0.0234. The van der Waals surface area contributed by atoms with Crippen LogP contribution in [0.1, 0.15) is 25.3 Å². The first kappa shape index (κ1) is 21.9. The summed E-state index contributed by atoms with van der Waals surface area (Å²) in [6, 6.07) is 4.13. The summed E-state index contributed by atoms with van der Waals surface area (Å²) in [5.41, 5.74) is 7.71. The van der Waals surface area contributed by atoms with Gasteiger partial charge >= 0.3 is 11.9 Å². The highest BCUT2D eigenvalue weighted by molar-refractivity contribution is 5.92. The monoisotopic (exact) mass is 404 g/mol. The molecule has 29 heavy (non-hydrogen) atoms. The Morgan fingerprint density at radius 1 is 1.10 bits per heavy atom. The van der Waals surface area contributed by atoms with E-state index in [0.29, 0.717) is 0 Å². The number of H-pyrrole nitrogens is 1. The van der Waals surface area contributed by atoms with Gasteiger partial charge in [0, 0.05) is 23.5 Å². The molecule has 0 fully saturated rings. The normalized spacial score (nSPS) is 14.0. The average Bonchev–Trinajstić information content (AvgIpc) is 3.07. The summed E-state index contributed by atoms with van der Waals surface area (Å²) in [6.45, 7) is 1.26. The molecule has 1 heterocycles. The molecular formula is C19H24N4O6. The van der Waals surface area contributed by atoms with Crippen LogP contribution in [0.25, 0.3) is 10.9 Å². The lowest BCUT2D eigenvalue weighted by atomic mass is 10.0. The standard InChI is InChI=1S/C19H24N4O6/c1-10(19(28)29)22-18(27)15(6-7-16(24)25)23-17(26)13(20)8-11-9-21-14-5-3-2-4-12(11)14/h2-5,9-10,13,15,21H,6-8,20H2,1H3,(H,22,27)(H,23,26)(H,24,25)(H,28,29)/t10-,13-,15-/m0/s1. The molecule has 10 nitrogen and oxygen atoms in total. The van der Waals surface area contributed by atoms with Gasteiger partial charge in [-0.2, -0.15) is 0 Å². The summed E-state index contributed by atoms with van der Waals surface area (Å²) < 4.78 is 0. The molecule has 7 N–H and O–H groups in total. The molecule has 10 heteroatoms. The lowest BCUT2D eigenvalue weighted by Gasteiger charge is -2.21. The number of aliphatic carboxylic acids is 2. The Hall–Kier alpha value is -3.40. The van der Waals surface area contributed by atoms with E-state index in [0.717, 1.165) is 16.5 Å². The van der Waals surface area contributed by atoms with Gasteiger partial charge in [-0.3, -0.25) is 19.2 Å². The molecule has 3 atom stereocenters. The second-order valence-electron chi connectivity index (χ2n) is 6.73. The Morgan fingerprint density at radius 3 is 2.45 bits per heavy atom. The Balaban J connectivity index is 2.05. The van der Waals surface area contributed by atoms with Crippen molar-refractivity contribution in [3.8, 4) is 0 Å². The minimum atomic E-state index is -1.25. The van der Waals surface area contributed by atoms with Gasteiger partial charge in [0.2, 0.25) is 11.8 Å². The fraction of sp³-hybridized carbons (Fsp3) is 0.368. The number of nitrogens with two attached hydrogens (primary N) is 1. The Kier molecular flexibility index (Phi) is 7.32. The van der Waals surface area contributed by atoms with Crippen molar-refractivity contribution < 1.29 is 29.4 Å². The SMILES string of the molecule is C[C@H](NC(=O)[C@H](CCC(=O)O)NC(=O)[C@@H](N)Cc1c[nH]c2ccccc12)C(=O)O. The topological polar surface area (TPSA) is 175 Å². The van der Waals surface area contributed by atoms with E-state index in [1.165, 1.54) is 6.92 Å². The molecule has 2 rings (SSSR count). The van der Waals surface area contributed by atoms with Crippen molar-refractivity contribution in [3.05, 3.63) is 36.0 Å². The zero-order valence-corrected chi connectivity index (χ0v) is 15.8. The van der Waals surface area contributed by atoms with Crippen LogP contribution in [-0.2, 0) is 25.6 Å². The maximum atomic E-state index is 12.5. The number of hydrogen-bond acceptors (Lipinski definition) is 5. The molecule has 1 aromatic heterocycles. The molecule has 156 valence electrons. The highest BCUT2D eigenvalue weighted by Crippen LogP contribution is 2.18. The number of carboxylic acid groups (broad SMARTS) is 2. The molecule has 0 radical (unpaired) electrons. The molecule has 0 unspecified atom stereocenters. The predicted molar refractivity (Wildman–Crippen MR) is 104 cm³/mol. The molecule has 0 aliphatic heterocycles. The number of fused-ring (bicyclic) bond motifs is 1. The van der Waals surface area contributed by atoms with E-state index in [9.17, 15) is 19.2 Å². The summed E-state index contributed by atoms with van der Waals surface area (Å²) in [5, 5.41) is 23.4. The summed E-state index contributed by atoms with van der Waals surface area (Å²) >= 11 is 0. The Bertz CT molecular complexity index is 909. The van der Waals surface area contributed by atoms with Gasteiger partial charge in [-0.1, -0.05) is 18.2 Å². The van der Waals surface area contributed by atoms with Gasteiger partial charge in [-0.25, -0.2) is 0 Å². The number of nitrogens with one attached hydrogen (secondary N) is 3. The summed E-state index contributed by atoms with van der Waals surface area (Å²) in [4.78, 5) is 49.6. The highest BCUT2D eigenvalue weighted by Gasteiger charge is 2.27. The van der Waals surface area contributed by atoms with E-state index in [4.69, 9.17) is 15.9 Å². The van der Waals surface area contributed by atoms with E-state index in [1.807, 2.05) is 24.3 Å². The quantitative estimate of drug-likeness (QED) is 0.322. The lowest BCUT2D eigenvalue weighted by molar-refractivity contribution is -0.142. The van der Waals surface area contributed by atoms with Crippen molar-refractivity contribution >= 4 is 34.7 Å². The molecule has 0 saturated heterocycles. The first-order valence-electron chi connectivity index (χ1n) is 9.05. The third-order valence-electron chi connectivity index (χ3n) is 4.46. The van der Waals surface area contributed by atoms with Crippen LogP contribution in [-0.4, -0.2) is 57.1 Å². The first-order valence-corrected chi connectivity index (χ1v) is 9.05.